The first kappa shape index (κ1) is 21.2. The van der Waals surface area contributed by atoms with Crippen molar-refractivity contribution in [1.82, 2.24) is 0 Å². The third-order valence-corrected chi connectivity index (χ3v) is 5.94. The molecule has 0 fully saturated rings. The van der Waals surface area contributed by atoms with Gasteiger partial charge in [0.05, 0.1) is 21.7 Å². The highest BCUT2D eigenvalue weighted by Crippen LogP contribution is 2.32. The Labute approximate surface area is 181 Å². The molecular formula is C18H11Cl3N2O5S. The molecule has 0 aliphatic rings. The molecule has 1 N–H and O–H groups in total. The Bertz CT molecular complexity index is 1180. The molecule has 0 spiro atoms. The second-order valence-electron chi connectivity index (χ2n) is 5.71. The van der Waals surface area contributed by atoms with Gasteiger partial charge in [-0.1, -0.05) is 34.8 Å². The van der Waals surface area contributed by atoms with Gasteiger partial charge in [-0.25, -0.2) is 8.42 Å². The number of nitro groups is 1. The van der Waals surface area contributed by atoms with E-state index in [2.05, 4.69) is 4.72 Å². The number of halogens is 3. The first-order valence-corrected chi connectivity index (χ1v) is 10.5. The summed E-state index contributed by atoms with van der Waals surface area (Å²) >= 11 is 17.6. The fourth-order valence-electron chi connectivity index (χ4n) is 2.34. The molecule has 0 aliphatic heterocycles. The van der Waals surface area contributed by atoms with E-state index in [4.69, 9.17) is 39.5 Å². The number of nitro benzene ring substituents is 1. The van der Waals surface area contributed by atoms with E-state index in [-0.39, 0.29) is 32.1 Å². The Morgan fingerprint density at radius 1 is 0.862 bits per heavy atom. The summed E-state index contributed by atoms with van der Waals surface area (Å²) in [6.07, 6.45) is 0. The van der Waals surface area contributed by atoms with Crippen molar-refractivity contribution in [3.63, 3.8) is 0 Å². The zero-order valence-corrected chi connectivity index (χ0v) is 17.4. The predicted octanol–water partition coefficient (Wildman–Crippen LogP) is 6.15. The Kier molecular flexibility index (Phi) is 6.18. The first-order chi connectivity index (χ1) is 13.6. The maximum absolute atomic E-state index is 12.7. The van der Waals surface area contributed by atoms with Crippen molar-refractivity contribution >= 4 is 56.2 Å². The molecule has 0 heterocycles. The van der Waals surface area contributed by atoms with Crippen molar-refractivity contribution in [2.24, 2.45) is 0 Å². The van der Waals surface area contributed by atoms with Crippen LogP contribution in [0.4, 0.5) is 11.4 Å². The van der Waals surface area contributed by atoms with Gasteiger partial charge in [0.2, 0.25) is 0 Å². The van der Waals surface area contributed by atoms with E-state index in [0.29, 0.717) is 10.8 Å². The van der Waals surface area contributed by atoms with Crippen LogP contribution in [0.3, 0.4) is 0 Å². The van der Waals surface area contributed by atoms with Crippen LogP contribution < -0.4 is 9.46 Å². The highest BCUT2D eigenvalue weighted by molar-refractivity contribution is 7.92. The fourth-order valence-corrected chi connectivity index (χ4v) is 4.27. The molecule has 0 saturated carbocycles. The SMILES string of the molecule is O=[N+]([O-])c1cc(NS(=O)(=O)c2cc(Cl)ccc2Cl)cc(Oc2ccc(Cl)cc2)c1. The Balaban J connectivity index is 1.98. The molecule has 0 unspecified atom stereocenters. The zero-order chi connectivity index (χ0) is 21.2. The molecule has 0 bridgehead atoms. The summed E-state index contributed by atoms with van der Waals surface area (Å²) in [6.45, 7) is 0. The van der Waals surface area contributed by atoms with Crippen LogP contribution in [-0.2, 0) is 10.0 Å². The Hall–Kier alpha value is -2.52. The van der Waals surface area contributed by atoms with E-state index in [1.54, 1.807) is 24.3 Å². The van der Waals surface area contributed by atoms with Crippen LogP contribution in [-0.4, -0.2) is 13.3 Å². The van der Waals surface area contributed by atoms with E-state index in [9.17, 15) is 18.5 Å². The van der Waals surface area contributed by atoms with Gasteiger partial charge in [0.25, 0.3) is 15.7 Å². The normalized spacial score (nSPS) is 11.1. The average molecular weight is 474 g/mol. The van der Waals surface area contributed by atoms with E-state index >= 15 is 0 Å². The number of sulfonamides is 1. The number of nitrogens with zero attached hydrogens (tertiary/aromatic N) is 1. The lowest BCUT2D eigenvalue weighted by atomic mass is 10.2. The Morgan fingerprint density at radius 2 is 1.52 bits per heavy atom. The minimum Gasteiger partial charge on any atom is -0.457 e. The van der Waals surface area contributed by atoms with Crippen molar-refractivity contribution in [2.75, 3.05) is 4.72 Å². The zero-order valence-electron chi connectivity index (χ0n) is 14.3. The maximum atomic E-state index is 12.7. The van der Waals surface area contributed by atoms with Gasteiger partial charge >= 0.3 is 0 Å². The van der Waals surface area contributed by atoms with Crippen LogP contribution in [0.2, 0.25) is 15.1 Å². The first-order valence-electron chi connectivity index (χ1n) is 7.85. The lowest BCUT2D eigenvalue weighted by Crippen LogP contribution is -2.13. The molecule has 0 aliphatic carbocycles. The number of non-ortho nitro benzene ring substituents is 1. The van der Waals surface area contributed by atoms with Crippen molar-refractivity contribution in [1.29, 1.82) is 0 Å². The van der Waals surface area contributed by atoms with Crippen molar-refractivity contribution in [2.45, 2.75) is 4.90 Å². The van der Waals surface area contributed by atoms with Crippen molar-refractivity contribution < 1.29 is 18.1 Å². The number of nitrogens with one attached hydrogen (secondary N) is 1. The van der Waals surface area contributed by atoms with Crippen molar-refractivity contribution in [3.8, 4) is 11.5 Å². The van der Waals surface area contributed by atoms with Gasteiger partial charge in [-0.3, -0.25) is 14.8 Å². The second-order valence-corrected chi connectivity index (χ2v) is 8.64. The number of anilines is 1. The number of benzene rings is 3. The minimum atomic E-state index is -4.17. The average Bonchev–Trinajstić information content (AvgIpc) is 2.65. The largest absolute Gasteiger partial charge is 0.457 e. The van der Waals surface area contributed by atoms with Crippen LogP contribution in [0, 0.1) is 10.1 Å². The van der Waals surface area contributed by atoms with E-state index < -0.39 is 14.9 Å². The van der Waals surface area contributed by atoms with Gasteiger partial charge < -0.3 is 4.74 Å². The molecule has 3 rings (SSSR count). The molecular weight excluding hydrogens is 463 g/mol. The number of rotatable bonds is 6. The second kappa shape index (κ2) is 8.46. The number of hydrogen-bond acceptors (Lipinski definition) is 5. The van der Waals surface area contributed by atoms with E-state index in [1.807, 2.05) is 0 Å². The molecule has 3 aromatic rings. The molecule has 0 amide bonds. The molecule has 7 nitrogen and oxygen atoms in total. The van der Waals surface area contributed by atoms with Gasteiger partial charge in [0.1, 0.15) is 16.4 Å². The third kappa shape index (κ3) is 5.30. The van der Waals surface area contributed by atoms with E-state index in [1.165, 1.54) is 30.3 Å². The number of hydrogen-bond donors (Lipinski definition) is 1. The molecule has 11 heteroatoms. The molecule has 29 heavy (non-hydrogen) atoms. The molecule has 0 radical (unpaired) electrons. The predicted molar refractivity (Wildman–Crippen MR) is 112 cm³/mol. The summed E-state index contributed by atoms with van der Waals surface area (Å²) in [5.41, 5.74) is -0.453. The summed E-state index contributed by atoms with van der Waals surface area (Å²) in [5.74, 6) is 0.415. The minimum absolute atomic E-state index is 0.0510. The fraction of sp³-hybridized carbons (Fsp3) is 0. The lowest BCUT2D eigenvalue weighted by Gasteiger charge is -2.12. The highest BCUT2D eigenvalue weighted by atomic mass is 35.5. The van der Waals surface area contributed by atoms with Crippen LogP contribution in [0.15, 0.2) is 65.6 Å². The van der Waals surface area contributed by atoms with Gasteiger partial charge in [-0.15, -0.1) is 0 Å². The van der Waals surface area contributed by atoms with Crippen LogP contribution in [0.5, 0.6) is 11.5 Å². The monoisotopic (exact) mass is 472 g/mol. The molecule has 0 aromatic heterocycles. The quantitative estimate of drug-likeness (QED) is 0.342. The summed E-state index contributed by atoms with van der Waals surface area (Å²) < 4.78 is 33.2. The third-order valence-electron chi connectivity index (χ3n) is 3.59. The van der Waals surface area contributed by atoms with Crippen LogP contribution in [0.1, 0.15) is 0 Å². The molecule has 3 aromatic carbocycles. The summed E-state index contributed by atoms with van der Waals surface area (Å²) in [7, 11) is -4.17. The van der Waals surface area contributed by atoms with Gasteiger partial charge in [0.15, 0.2) is 0 Å². The summed E-state index contributed by atoms with van der Waals surface area (Å²) in [5, 5.41) is 11.9. The lowest BCUT2D eigenvalue weighted by molar-refractivity contribution is -0.384. The van der Waals surface area contributed by atoms with Crippen LogP contribution >= 0.6 is 34.8 Å². The molecule has 0 saturated heterocycles. The summed E-state index contributed by atoms with van der Waals surface area (Å²) in [6, 6.07) is 13.8. The van der Waals surface area contributed by atoms with Gasteiger partial charge in [0, 0.05) is 22.2 Å². The van der Waals surface area contributed by atoms with E-state index in [0.717, 1.165) is 6.07 Å². The Morgan fingerprint density at radius 3 is 2.17 bits per heavy atom. The van der Waals surface area contributed by atoms with Crippen molar-refractivity contribution in [3.05, 3.63) is 85.8 Å². The molecule has 0 atom stereocenters. The standard InChI is InChI=1S/C18H11Cl3N2O5S/c19-11-1-4-15(5-2-11)28-16-9-13(8-14(10-16)23(24)25)22-29(26,27)18-7-12(20)3-6-17(18)21/h1-10,22H. The molecule has 150 valence electrons. The maximum Gasteiger partial charge on any atom is 0.275 e. The van der Waals surface area contributed by atoms with Crippen LogP contribution in [0.25, 0.3) is 0 Å². The summed E-state index contributed by atoms with van der Waals surface area (Å²) in [4.78, 5) is 10.3. The van der Waals surface area contributed by atoms with Gasteiger partial charge in [-0.05, 0) is 42.5 Å². The topological polar surface area (TPSA) is 98.5 Å². The highest BCUT2D eigenvalue weighted by Gasteiger charge is 2.21. The van der Waals surface area contributed by atoms with Gasteiger partial charge in [-0.2, -0.15) is 0 Å². The smallest absolute Gasteiger partial charge is 0.275 e. The number of ether oxygens (including phenoxy) is 1.